The van der Waals surface area contributed by atoms with E-state index in [2.05, 4.69) is 13.2 Å². The summed E-state index contributed by atoms with van der Waals surface area (Å²) in [6, 6.07) is 0. The number of unbranched alkanes of at least 4 members (excludes halogenated alkanes) is 1. The van der Waals surface area contributed by atoms with E-state index in [1.54, 1.807) is 0 Å². The molecule has 0 aliphatic carbocycles. The van der Waals surface area contributed by atoms with E-state index in [0.717, 1.165) is 37.0 Å². The fourth-order valence-corrected chi connectivity index (χ4v) is 4.78. The molecule has 6 heteroatoms. The molecular formula is C15H24O4S2. The number of allylic oxidation sites excluding steroid dienone is 1. The van der Waals surface area contributed by atoms with Gasteiger partial charge < -0.3 is 9.62 Å². The number of hydrogen-bond donors (Lipinski definition) is 0. The molecule has 120 valence electrons. The predicted octanol–water partition coefficient (Wildman–Crippen LogP) is 4.28. The second kappa shape index (κ2) is 12.0. The Bertz CT molecular complexity index is 328. The van der Waals surface area contributed by atoms with E-state index in [9.17, 15) is 4.79 Å². The van der Waals surface area contributed by atoms with Crippen LogP contribution in [0.4, 0.5) is 0 Å². The van der Waals surface area contributed by atoms with Crippen molar-refractivity contribution < 1.29 is 19.3 Å². The van der Waals surface area contributed by atoms with E-state index in [0.29, 0.717) is 19.0 Å². The summed E-state index contributed by atoms with van der Waals surface area (Å²) in [4.78, 5) is 21.0. The third-order valence-electron chi connectivity index (χ3n) is 2.92. The molecule has 1 unspecified atom stereocenters. The molecule has 0 radical (unpaired) electrons. The monoisotopic (exact) mass is 332 g/mol. The van der Waals surface area contributed by atoms with Crippen LogP contribution in [0, 0.1) is 0 Å². The molecule has 0 N–H and O–H groups in total. The van der Waals surface area contributed by atoms with Crippen molar-refractivity contribution in [3.8, 4) is 0 Å². The molecule has 1 aliphatic rings. The number of carbonyl (C=O) groups excluding carboxylic acids is 1. The van der Waals surface area contributed by atoms with E-state index in [4.69, 9.17) is 14.5 Å². The fourth-order valence-electron chi connectivity index (χ4n) is 1.75. The average Bonchev–Trinajstić information content (AvgIpc) is 2.99. The molecule has 0 bridgehead atoms. The van der Waals surface area contributed by atoms with Crippen molar-refractivity contribution in [2.75, 3.05) is 19.0 Å². The number of rotatable bonds is 12. The maximum Gasteiger partial charge on any atom is 0.330 e. The molecule has 0 aromatic carbocycles. The van der Waals surface area contributed by atoms with Crippen LogP contribution in [0.3, 0.4) is 0 Å². The third-order valence-corrected chi connectivity index (χ3v) is 5.93. The van der Waals surface area contributed by atoms with Gasteiger partial charge in [0.05, 0.1) is 13.2 Å². The second-order valence-corrected chi connectivity index (χ2v) is 7.53. The Labute approximate surface area is 135 Å². The van der Waals surface area contributed by atoms with Gasteiger partial charge in [-0.15, -0.1) is 0 Å². The average molecular weight is 332 g/mol. The minimum absolute atomic E-state index is 0.381. The van der Waals surface area contributed by atoms with Crippen molar-refractivity contribution in [1.29, 1.82) is 0 Å². The van der Waals surface area contributed by atoms with E-state index in [1.807, 2.05) is 21.6 Å². The van der Waals surface area contributed by atoms with Crippen molar-refractivity contribution in [1.82, 2.24) is 0 Å². The largest absolute Gasteiger partial charge is 0.463 e. The summed E-state index contributed by atoms with van der Waals surface area (Å²) in [6.45, 7) is 8.03. The lowest BCUT2D eigenvalue weighted by Gasteiger charge is -2.09. The van der Waals surface area contributed by atoms with Crippen LogP contribution in [0.2, 0.25) is 0 Å². The van der Waals surface area contributed by atoms with E-state index < -0.39 is 0 Å². The van der Waals surface area contributed by atoms with E-state index in [-0.39, 0.29) is 5.97 Å². The van der Waals surface area contributed by atoms with Gasteiger partial charge in [-0.25, -0.2) is 4.79 Å². The van der Waals surface area contributed by atoms with Crippen LogP contribution in [-0.4, -0.2) is 30.2 Å². The van der Waals surface area contributed by atoms with Crippen molar-refractivity contribution >= 4 is 27.6 Å². The lowest BCUT2D eigenvalue weighted by Crippen LogP contribution is -2.04. The van der Waals surface area contributed by atoms with Crippen molar-refractivity contribution in [2.45, 2.75) is 43.8 Å². The van der Waals surface area contributed by atoms with E-state index >= 15 is 0 Å². The van der Waals surface area contributed by atoms with Crippen molar-refractivity contribution in [2.24, 2.45) is 0 Å². The molecule has 4 nitrogen and oxygen atoms in total. The smallest absolute Gasteiger partial charge is 0.330 e. The minimum atomic E-state index is -0.389. The van der Waals surface area contributed by atoms with Gasteiger partial charge in [-0.1, -0.05) is 34.7 Å². The van der Waals surface area contributed by atoms with Crippen molar-refractivity contribution in [3.05, 3.63) is 25.0 Å². The lowest BCUT2D eigenvalue weighted by atomic mass is 10.1. The van der Waals surface area contributed by atoms with Crippen LogP contribution >= 0.6 is 21.6 Å². The van der Waals surface area contributed by atoms with Gasteiger partial charge in [0.2, 0.25) is 0 Å². The van der Waals surface area contributed by atoms with Gasteiger partial charge in [0.15, 0.2) is 0 Å². The van der Waals surface area contributed by atoms with Gasteiger partial charge in [0.1, 0.15) is 5.76 Å². The molecular weight excluding hydrogens is 308 g/mol. The molecule has 0 amide bonds. The quantitative estimate of drug-likeness (QED) is 0.101. The number of ether oxygens (including phenoxy) is 1. The highest BCUT2D eigenvalue weighted by Crippen LogP contribution is 2.39. The number of hydrogen-bond acceptors (Lipinski definition) is 6. The number of carbonyl (C=O) groups is 1. The maximum atomic E-state index is 10.8. The summed E-state index contributed by atoms with van der Waals surface area (Å²) in [6.07, 6.45) is 7.15. The van der Waals surface area contributed by atoms with Gasteiger partial charge >= 0.3 is 5.97 Å². The Morgan fingerprint density at radius 2 is 2.10 bits per heavy atom. The summed E-state index contributed by atoms with van der Waals surface area (Å²) in [7, 11) is 3.97. The molecule has 0 spiro atoms. The highest BCUT2D eigenvalue weighted by Gasteiger charge is 2.15. The lowest BCUT2D eigenvalue weighted by molar-refractivity contribution is -0.264. The highest BCUT2D eigenvalue weighted by atomic mass is 33.1. The molecule has 1 atom stereocenters. The van der Waals surface area contributed by atoms with Gasteiger partial charge in [-0.05, 0) is 32.1 Å². The molecule has 1 heterocycles. The summed E-state index contributed by atoms with van der Waals surface area (Å²) in [5.74, 6) is 1.57. The summed E-state index contributed by atoms with van der Waals surface area (Å²) in [5.41, 5.74) is 0. The minimum Gasteiger partial charge on any atom is -0.463 e. The third kappa shape index (κ3) is 9.87. The second-order valence-electron chi connectivity index (χ2n) is 4.74. The first-order valence-corrected chi connectivity index (χ1v) is 9.65. The molecule has 1 aliphatic heterocycles. The number of esters is 1. The van der Waals surface area contributed by atoms with Crippen LogP contribution < -0.4 is 0 Å². The SMILES string of the molecule is C=CC(=O)OCCCCOOC(=C)CCCC1CCSS1. The molecule has 0 aromatic heterocycles. The van der Waals surface area contributed by atoms with Gasteiger partial charge in [-0.2, -0.15) is 4.89 Å². The predicted molar refractivity (Wildman–Crippen MR) is 88.9 cm³/mol. The summed E-state index contributed by atoms with van der Waals surface area (Å²) >= 11 is 0. The van der Waals surface area contributed by atoms with Crippen LogP contribution in [0.15, 0.2) is 25.0 Å². The first-order chi connectivity index (χ1) is 10.2. The zero-order chi connectivity index (χ0) is 15.3. The fraction of sp³-hybridized carbons (Fsp3) is 0.667. The van der Waals surface area contributed by atoms with Gasteiger partial charge in [-0.3, -0.25) is 0 Å². The van der Waals surface area contributed by atoms with Crippen molar-refractivity contribution in [3.63, 3.8) is 0 Å². The van der Waals surface area contributed by atoms with Gasteiger partial charge in [0, 0.05) is 23.5 Å². The molecule has 0 aromatic rings. The Hall–Kier alpha value is -0.590. The van der Waals surface area contributed by atoms with Crippen LogP contribution in [0.5, 0.6) is 0 Å². The molecule has 1 fully saturated rings. The summed E-state index contributed by atoms with van der Waals surface area (Å²) < 4.78 is 4.85. The Kier molecular flexibility index (Phi) is 10.6. The van der Waals surface area contributed by atoms with Crippen LogP contribution in [0.25, 0.3) is 0 Å². The highest BCUT2D eigenvalue weighted by molar-refractivity contribution is 8.77. The molecule has 1 rings (SSSR count). The van der Waals surface area contributed by atoms with E-state index in [1.165, 1.54) is 18.6 Å². The summed E-state index contributed by atoms with van der Waals surface area (Å²) in [5, 5.41) is 0.794. The Balaban J connectivity index is 1.84. The zero-order valence-corrected chi connectivity index (χ0v) is 14.0. The molecule has 21 heavy (non-hydrogen) atoms. The molecule has 0 saturated carbocycles. The van der Waals surface area contributed by atoms with Crippen LogP contribution in [0.1, 0.15) is 38.5 Å². The van der Waals surface area contributed by atoms with Crippen LogP contribution in [-0.2, 0) is 19.3 Å². The van der Waals surface area contributed by atoms with Gasteiger partial charge in [0.25, 0.3) is 0 Å². The first-order valence-electron chi connectivity index (χ1n) is 7.27. The maximum absolute atomic E-state index is 10.8. The Morgan fingerprint density at radius 1 is 1.29 bits per heavy atom. The zero-order valence-electron chi connectivity index (χ0n) is 12.4. The standard InChI is InChI=1S/C15H24O4S2/c1-3-15(16)17-10-4-5-11-18-19-13(2)7-6-8-14-9-12-20-21-14/h3,14H,1-2,4-12H2. The molecule has 1 saturated heterocycles. The Morgan fingerprint density at radius 3 is 2.81 bits per heavy atom. The topological polar surface area (TPSA) is 44.8 Å². The normalized spacial score (nSPS) is 17.4. The first kappa shape index (κ1) is 18.5.